The maximum Gasteiger partial charge on any atom is 0.337 e. The molecular weight excluding hydrogens is 244 g/mol. The van der Waals surface area contributed by atoms with Gasteiger partial charge in [-0.1, -0.05) is 0 Å². The summed E-state index contributed by atoms with van der Waals surface area (Å²) in [4.78, 5) is 13.1. The molecule has 0 aliphatic carbocycles. The van der Waals surface area contributed by atoms with E-state index in [-0.39, 0.29) is 11.3 Å². The van der Waals surface area contributed by atoms with Gasteiger partial charge in [-0.15, -0.1) is 0 Å². The van der Waals surface area contributed by atoms with E-state index >= 15 is 0 Å². The average Bonchev–Trinajstić information content (AvgIpc) is 2.27. The second-order valence-corrected chi connectivity index (χ2v) is 5.36. The number of aromatic carboxylic acids is 1. The van der Waals surface area contributed by atoms with Crippen LogP contribution in [0.25, 0.3) is 0 Å². The summed E-state index contributed by atoms with van der Waals surface area (Å²) < 4.78 is 0. The Hall–Kier alpha value is -1.75. The molecule has 0 atom stereocenters. The van der Waals surface area contributed by atoms with E-state index in [0.717, 1.165) is 11.3 Å². The first-order chi connectivity index (χ1) is 8.65. The molecule has 0 saturated carbocycles. The molecule has 106 valence electrons. The molecule has 5 heteroatoms. The van der Waals surface area contributed by atoms with Gasteiger partial charge in [-0.3, -0.25) is 0 Å². The van der Waals surface area contributed by atoms with Crippen molar-refractivity contribution in [3.05, 3.63) is 23.3 Å². The van der Waals surface area contributed by atoms with Crippen LogP contribution in [0.5, 0.6) is 0 Å². The molecular formula is C14H22N2O3. The normalized spacial score (nSPS) is 11.4. The van der Waals surface area contributed by atoms with Gasteiger partial charge >= 0.3 is 5.97 Å². The number of nitrogen functional groups attached to an aromatic ring is 1. The van der Waals surface area contributed by atoms with Crippen molar-refractivity contribution in [3.8, 4) is 0 Å². The highest BCUT2D eigenvalue weighted by Crippen LogP contribution is 2.26. The standard InChI is InChI=1S/C14H22N2O3/c1-5-16(8-14(3,4)19)10-6-9(2)12(15)11(7-10)13(17)18/h6-7,19H,5,8,15H2,1-4H3,(H,17,18). The first-order valence-electron chi connectivity index (χ1n) is 6.26. The number of benzene rings is 1. The van der Waals surface area contributed by atoms with Gasteiger partial charge < -0.3 is 20.8 Å². The molecule has 0 saturated heterocycles. The Morgan fingerprint density at radius 3 is 2.42 bits per heavy atom. The number of likely N-dealkylation sites (N-methyl/N-ethyl adjacent to an activating group) is 1. The summed E-state index contributed by atoms with van der Waals surface area (Å²) in [5.41, 5.74) is 6.79. The third-order valence-electron chi connectivity index (χ3n) is 2.93. The Balaban J connectivity index is 3.22. The fourth-order valence-electron chi connectivity index (χ4n) is 1.99. The van der Waals surface area contributed by atoms with Crippen LogP contribution < -0.4 is 10.6 Å². The number of carbonyl (C=O) groups is 1. The van der Waals surface area contributed by atoms with Crippen LogP contribution >= 0.6 is 0 Å². The zero-order chi connectivity index (χ0) is 14.8. The first-order valence-corrected chi connectivity index (χ1v) is 6.26. The van der Waals surface area contributed by atoms with Crippen LogP contribution in [0.15, 0.2) is 12.1 Å². The molecule has 0 heterocycles. The van der Waals surface area contributed by atoms with Crippen molar-refractivity contribution in [2.45, 2.75) is 33.3 Å². The highest BCUT2D eigenvalue weighted by Gasteiger charge is 2.20. The minimum Gasteiger partial charge on any atom is -0.478 e. The number of aliphatic hydroxyl groups is 1. The molecule has 0 spiro atoms. The van der Waals surface area contributed by atoms with Crippen molar-refractivity contribution in [1.82, 2.24) is 0 Å². The molecule has 0 unspecified atom stereocenters. The van der Waals surface area contributed by atoms with Crippen molar-refractivity contribution in [2.24, 2.45) is 0 Å². The molecule has 0 aromatic heterocycles. The quantitative estimate of drug-likeness (QED) is 0.708. The van der Waals surface area contributed by atoms with Crippen molar-refractivity contribution in [1.29, 1.82) is 0 Å². The monoisotopic (exact) mass is 266 g/mol. The number of anilines is 2. The number of hydrogen-bond acceptors (Lipinski definition) is 4. The van der Waals surface area contributed by atoms with Crippen LogP contribution in [-0.2, 0) is 0 Å². The van der Waals surface area contributed by atoms with Crippen LogP contribution in [-0.4, -0.2) is 34.9 Å². The molecule has 0 fully saturated rings. The van der Waals surface area contributed by atoms with Gasteiger partial charge in [0.25, 0.3) is 0 Å². The first kappa shape index (κ1) is 15.3. The Morgan fingerprint density at radius 1 is 1.42 bits per heavy atom. The van der Waals surface area contributed by atoms with Crippen molar-refractivity contribution in [3.63, 3.8) is 0 Å². The van der Waals surface area contributed by atoms with Crippen molar-refractivity contribution in [2.75, 3.05) is 23.7 Å². The van der Waals surface area contributed by atoms with Crippen LogP contribution in [0.3, 0.4) is 0 Å². The maximum absolute atomic E-state index is 11.2. The third kappa shape index (κ3) is 3.86. The van der Waals surface area contributed by atoms with Crippen LogP contribution in [0.2, 0.25) is 0 Å². The zero-order valence-electron chi connectivity index (χ0n) is 11.9. The minimum atomic E-state index is -1.04. The predicted molar refractivity (Wildman–Crippen MR) is 76.7 cm³/mol. The Labute approximate surface area is 113 Å². The van der Waals surface area contributed by atoms with Crippen LogP contribution in [0.4, 0.5) is 11.4 Å². The zero-order valence-corrected chi connectivity index (χ0v) is 11.9. The summed E-state index contributed by atoms with van der Waals surface area (Å²) in [6.07, 6.45) is 0. The minimum absolute atomic E-state index is 0.101. The summed E-state index contributed by atoms with van der Waals surface area (Å²) >= 11 is 0. The van der Waals surface area contributed by atoms with E-state index in [1.807, 2.05) is 17.9 Å². The molecule has 1 rings (SSSR count). The molecule has 4 N–H and O–H groups in total. The Kier molecular flexibility index (Phi) is 4.42. The number of nitrogens with two attached hydrogens (primary N) is 1. The largest absolute Gasteiger partial charge is 0.478 e. The third-order valence-corrected chi connectivity index (χ3v) is 2.93. The maximum atomic E-state index is 11.2. The summed E-state index contributed by atoms with van der Waals surface area (Å²) in [5.74, 6) is -1.04. The molecule has 0 radical (unpaired) electrons. The van der Waals surface area contributed by atoms with Gasteiger partial charge in [-0.05, 0) is 45.4 Å². The number of nitrogens with zero attached hydrogens (tertiary/aromatic N) is 1. The molecule has 5 nitrogen and oxygen atoms in total. The molecule has 0 bridgehead atoms. The van der Waals surface area contributed by atoms with E-state index in [4.69, 9.17) is 10.8 Å². The van der Waals surface area contributed by atoms with Gasteiger partial charge in [0.2, 0.25) is 0 Å². The molecule has 0 aliphatic rings. The van der Waals surface area contributed by atoms with E-state index in [1.54, 1.807) is 26.8 Å². The lowest BCUT2D eigenvalue weighted by atomic mass is 10.0. The highest BCUT2D eigenvalue weighted by molar-refractivity contribution is 5.95. The molecule has 19 heavy (non-hydrogen) atoms. The van der Waals surface area contributed by atoms with E-state index in [9.17, 15) is 9.90 Å². The van der Waals surface area contributed by atoms with Crippen molar-refractivity contribution >= 4 is 17.3 Å². The highest BCUT2D eigenvalue weighted by atomic mass is 16.4. The Morgan fingerprint density at radius 2 is 2.00 bits per heavy atom. The number of aryl methyl sites for hydroxylation is 1. The smallest absolute Gasteiger partial charge is 0.337 e. The van der Waals surface area contributed by atoms with Crippen LogP contribution in [0.1, 0.15) is 36.7 Å². The second-order valence-electron chi connectivity index (χ2n) is 5.36. The van der Waals surface area contributed by atoms with Gasteiger partial charge in [-0.2, -0.15) is 0 Å². The summed E-state index contributed by atoms with van der Waals surface area (Å²) in [5, 5.41) is 19.1. The van der Waals surface area contributed by atoms with Gasteiger partial charge in [0.1, 0.15) is 0 Å². The van der Waals surface area contributed by atoms with Crippen LogP contribution in [0, 0.1) is 6.92 Å². The summed E-state index contributed by atoms with van der Waals surface area (Å²) in [7, 11) is 0. The topological polar surface area (TPSA) is 86.8 Å². The molecule has 1 aromatic carbocycles. The van der Waals surface area contributed by atoms with E-state index in [0.29, 0.717) is 13.1 Å². The number of carboxylic acid groups (broad SMARTS) is 1. The second kappa shape index (κ2) is 5.48. The fourth-order valence-corrected chi connectivity index (χ4v) is 1.99. The molecule has 1 aromatic rings. The number of hydrogen-bond donors (Lipinski definition) is 3. The molecule has 0 aliphatic heterocycles. The van der Waals surface area contributed by atoms with Crippen molar-refractivity contribution < 1.29 is 15.0 Å². The van der Waals surface area contributed by atoms with Gasteiger partial charge in [0.05, 0.1) is 11.2 Å². The number of rotatable bonds is 5. The van der Waals surface area contributed by atoms with E-state index < -0.39 is 11.6 Å². The lowest BCUT2D eigenvalue weighted by molar-refractivity contribution is 0.0698. The molecule has 0 amide bonds. The Bertz CT molecular complexity index is 478. The average molecular weight is 266 g/mol. The van der Waals surface area contributed by atoms with E-state index in [2.05, 4.69) is 0 Å². The lowest BCUT2D eigenvalue weighted by Crippen LogP contribution is -2.38. The summed E-state index contributed by atoms with van der Waals surface area (Å²) in [6.45, 7) is 8.27. The summed E-state index contributed by atoms with van der Waals surface area (Å²) in [6, 6.07) is 3.40. The van der Waals surface area contributed by atoms with Gasteiger partial charge in [0.15, 0.2) is 0 Å². The van der Waals surface area contributed by atoms with Gasteiger partial charge in [-0.25, -0.2) is 4.79 Å². The van der Waals surface area contributed by atoms with E-state index in [1.165, 1.54) is 0 Å². The predicted octanol–water partition coefficient (Wildman–Crippen LogP) is 1.87. The fraction of sp³-hybridized carbons (Fsp3) is 0.500. The van der Waals surface area contributed by atoms with Gasteiger partial charge in [0, 0.05) is 24.5 Å². The lowest BCUT2D eigenvalue weighted by Gasteiger charge is -2.30. The SMILES string of the molecule is CCN(CC(C)(C)O)c1cc(C)c(N)c(C(=O)O)c1. The number of carboxylic acids is 1.